The highest BCUT2D eigenvalue weighted by molar-refractivity contribution is 6.08. The fraction of sp³-hybridized carbons (Fsp3) is 0.357. The Labute approximate surface area is 196 Å². The van der Waals surface area contributed by atoms with Gasteiger partial charge >= 0.3 is 0 Å². The molecule has 0 spiro atoms. The average molecular weight is 442 g/mol. The lowest BCUT2D eigenvalue weighted by atomic mass is 9.95. The summed E-state index contributed by atoms with van der Waals surface area (Å²) in [6.45, 7) is 9.85. The van der Waals surface area contributed by atoms with E-state index in [0.717, 1.165) is 35.0 Å². The first kappa shape index (κ1) is 23.0. The van der Waals surface area contributed by atoms with E-state index in [-0.39, 0.29) is 17.4 Å². The van der Waals surface area contributed by atoms with Crippen LogP contribution < -0.4 is 5.32 Å². The lowest BCUT2D eigenvalue weighted by Gasteiger charge is -2.34. The van der Waals surface area contributed by atoms with Crippen molar-refractivity contribution in [3.8, 4) is 11.8 Å². The van der Waals surface area contributed by atoms with Crippen molar-refractivity contribution >= 4 is 16.7 Å². The number of carbonyl (C=O) groups is 1. The van der Waals surface area contributed by atoms with Gasteiger partial charge in [-0.05, 0) is 55.3 Å². The van der Waals surface area contributed by atoms with Gasteiger partial charge in [-0.3, -0.25) is 14.7 Å². The second-order valence-electron chi connectivity index (χ2n) is 9.37. The van der Waals surface area contributed by atoms with Crippen molar-refractivity contribution in [3.63, 3.8) is 0 Å². The molecule has 2 aromatic carbocycles. The van der Waals surface area contributed by atoms with Crippen LogP contribution in [0.3, 0.4) is 0 Å². The smallest absolute Gasteiger partial charge is 0.251 e. The summed E-state index contributed by atoms with van der Waals surface area (Å²) in [6, 6.07) is 15.9. The van der Waals surface area contributed by atoms with E-state index >= 15 is 0 Å². The molecule has 5 nitrogen and oxygen atoms in total. The first-order valence-corrected chi connectivity index (χ1v) is 11.5. The highest BCUT2D eigenvalue weighted by Gasteiger charge is 2.24. The van der Waals surface area contributed by atoms with E-state index in [2.05, 4.69) is 53.9 Å². The van der Waals surface area contributed by atoms with Crippen LogP contribution in [0.2, 0.25) is 0 Å². The van der Waals surface area contributed by atoms with Crippen LogP contribution in [-0.4, -0.2) is 48.6 Å². The van der Waals surface area contributed by atoms with Gasteiger partial charge in [0, 0.05) is 48.6 Å². The standard InChI is InChI=1S/C28H31N3O2/c1-28(2,3)13-12-21-10-11-25(24-9-5-4-8-23(21)24)27(32)30-20-26(22-7-6-14-29-19-22)31-15-17-33-18-16-31/h4-11,14,19,26H,15-18,20H2,1-3H3,(H,30,32). The van der Waals surface area contributed by atoms with Gasteiger partial charge in [-0.15, -0.1) is 0 Å². The second kappa shape index (κ2) is 10.2. The summed E-state index contributed by atoms with van der Waals surface area (Å²) in [5.41, 5.74) is 2.62. The largest absolute Gasteiger partial charge is 0.379 e. The van der Waals surface area contributed by atoms with Gasteiger partial charge in [0.25, 0.3) is 5.91 Å². The number of carbonyl (C=O) groups excluding carboxylic acids is 1. The van der Waals surface area contributed by atoms with Crippen LogP contribution in [0.1, 0.15) is 48.3 Å². The zero-order valence-electron chi connectivity index (χ0n) is 19.6. The number of amides is 1. The predicted octanol–water partition coefficient (Wildman–Crippen LogP) is 4.44. The minimum absolute atomic E-state index is 0.0507. The Morgan fingerprint density at radius 2 is 1.85 bits per heavy atom. The quantitative estimate of drug-likeness (QED) is 0.595. The lowest BCUT2D eigenvalue weighted by molar-refractivity contribution is 0.0161. The van der Waals surface area contributed by atoms with E-state index in [4.69, 9.17) is 4.74 Å². The number of morpholine rings is 1. The molecular weight excluding hydrogens is 410 g/mol. The van der Waals surface area contributed by atoms with Crippen molar-refractivity contribution in [3.05, 3.63) is 77.6 Å². The molecule has 1 amide bonds. The van der Waals surface area contributed by atoms with Gasteiger partial charge in [0.1, 0.15) is 0 Å². The molecule has 1 fully saturated rings. The molecule has 0 aliphatic carbocycles. The Kier molecular flexibility index (Phi) is 7.08. The summed E-state index contributed by atoms with van der Waals surface area (Å²) < 4.78 is 5.53. The monoisotopic (exact) mass is 441 g/mol. The van der Waals surface area contributed by atoms with E-state index in [1.54, 1.807) is 6.20 Å². The number of ether oxygens (including phenoxy) is 1. The normalized spacial score (nSPS) is 15.5. The third-order valence-electron chi connectivity index (χ3n) is 5.75. The molecule has 0 radical (unpaired) electrons. The predicted molar refractivity (Wildman–Crippen MR) is 132 cm³/mol. The fourth-order valence-corrected chi connectivity index (χ4v) is 4.07. The fourth-order valence-electron chi connectivity index (χ4n) is 4.07. The molecule has 1 saturated heterocycles. The number of hydrogen-bond donors (Lipinski definition) is 1. The van der Waals surface area contributed by atoms with Crippen LogP contribution in [0.5, 0.6) is 0 Å². The maximum atomic E-state index is 13.3. The minimum Gasteiger partial charge on any atom is -0.379 e. The Morgan fingerprint density at radius 1 is 1.09 bits per heavy atom. The Bertz CT molecular complexity index is 1170. The lowest BCUT2D eigenvalue weighted by Crippen LogP contribution is -2.43. The molecule has 4 rings (SSSR count). The van der Waals surface area contributed by atoms with E-state index in [9.17, 15) is 4.79 Å². The minimum atomic E-state index is -0.0854. The molecule has 0 saturated carbocycles. The number of rotatable bonds is 5. The van der Waals surface area contributed by atoms with Crippen molar-refractivity contribution in [2.24, 2.45) is 5.41 Å². The topological polar surface area (TPSA) is 54.5 Å². The molecule has 1 unspecified atom stereocenters. The van der Waals surface area contributed by atoms with E-state index in [1.807, 2.05) is 48.7 Å². The van der Waals surface area contributed by atoms with Gasteiger partial charge in [0.15, 0.2) is 0 Å². The molecular formula is C28H31N3O2. The number of benzene rings is 2. The average Bonchev–Trinajstić information content (AvgIpc) is 2.83. The number of pyridine rings is 1. The van der Waals surface area contributed by atoms with Crippen molar-refractivity contribution in [1.82, 2.24) is 15.2 Å². The number of aromatic nitrogens is 1. The first-order chi connectivity index (χ1) is 15.9. The zero-order chi connectivity index (χ0) is 23.3. The van der Waals surface area contributed by atoms with E-state index in [1.165, 1.54) is 0 Å². The highest BCUT2D eigenvalue weighted by Crippen LogP contribution is 2.24. The first-order valence-electron chi connectivity index (χ1n) is 11.5. The summed E-state index contributed by atoms with van der Waals surface area (Å²) in [5, 5.41) is 5.09. The van der Waals surface area contributed by atoms with Crippen LogP contribution in [0, 0.1) is 17.3 Å². The van der Waals surface area contributed by atoms with Crippen LogP contribution >= 0.6 is 0 Å². The van der Waals surface area contributed by atoms with E-state index < -0.39 is 0 Å². The Balaban J connectivity index is 1.58. The third-order valence-corrected chi connectivity index (χ3v) is 5.75. The highest BCUT2D eigenvalue weighted by atomic mass is 16.5. The summed E-state index contributed by atoms with van der Waals surface area (Å²) in [6.07, 6.45) is 3.65. The van der Waals surface area contributed by atoms with Gasteiger partial charge in [0.05, 0.1) is 19.3 Å². The molecule has 1 aliphatic rings. The number of nitrogens with zero attached hydrogens (tertiary/aromatic N) is 2. The maximum Gasteiger partial charge on any atom is 0.251 e. The molecule has 1 aromatic heterocycles. The SMILES string of the molecule is CC(C)(C)C#Cc1ccc(C(=O)NCC(c2cccnc2)N2CCOCC2)c2ccccc12. The molecule has 1 N–H and O–H groups in total. The van der Waals surface area contributed by atoms with Crippen molar-refractivity contribution in [2.75, 3.05) is 32.8 Å². The van der Waals surface area contributed by atoms with Crippen LogP contribution in [0.4, 0.5) is 0 Å². The molecule has 170 valence electrons. The number of hydrogen-bond acceptors (Lipinski definition) is 4. The zero-order valence-corrected chi connectivity index (χ0v) is 19.6. The van der Waals surface area contributed by atoms with Crippen LogP contribution in [0.25, 0.3) is 10.8 Å². The molecule has 2 heterocycles. The van der Waals surface area contributed by atoms with Crippen molar-refractivity contribution < 1.29 is 9.53 Å². The molecule has 33 heavy (non-hydrogen) atoms. The summed E-state index contributed by atoms with van der Waals surface area (Å²) in [7, 11) is 0. The summed E-state index contributed by atoms with van der Waals surface area (Å²) in [4.78, 5) is 19.9. The number of fused-ring (bicyclic) bond motifs is 1. The van der Waals surface area contributed by atoms with E-state index in [0.29, 0.717) is 25.3 Å². The van der Waals surface area contributed by atoms with Gasteiger partial charge < -0.3 is 10.1 Å². The second-order valence-corrected chi connectivity index (χ2v) is 9.37. The van der Waals surface area contributed by atoms with Gasteiger partial charge in [-0.2, -0.15) is 0 Å². The van der Waals surface area contributed by atoms with Gasteiger partial charge in [0.2, 0.25) is 0 Å². The summed E-state index contributed by atoms with van der Waals surface area (Å²) in [5.74, 6) is 6.52. The molecule has 5 heteroatoms. The summed E-state index contributed by atoms with van der Waals surface area (Å²) >= 11 is 0. The molecule has 3 aromatic rings. The molecule has 1 aliphatic heterocycles. The van der Waals surface area contributed by atoms with Crippen LogP contribution in [0.15, 0.2) is 60.9 Å². The van der Waals surface area contributed by atoms with Gasteiger partial charge in [-0.1, -0.05) is 42.2 Å². The Morgan fingerprint density at radius 3 is 2.55 bits per heavy atom. The molecule has 1 atom stereocenters. The molecule has 0 bridgehead atoms. The third kappa shape index (κ3) is 5.78. The van der Waals surface area contributed by atoms with Crippen molar-refractivity contribution in [1.29, 1.82) is 0 Å². The number of nitrogens with one attached hydrogen (secondary N) is 1. The Hall–Kier alpha value is -3.20. The van der Waals surface area contributed by atoms with Gasteiger partial charge in [-0.25, -0.2) is 0 Å². The van der Waals surface area contributed by atoms with Crippen molar-refractivity contribution in [2.45, 2.75) is 26.8 Å². The van der Waals surface area contributed by atoms with Crippen LogP contribution in [-0.2, 0) is 4.74 Å². The maximum absolute atomic E-state index is 13.3.